The second-order valence-electron chi connectivity index (χ2n) is 5.14. The molecule has 128 valence electrons. The number of alkyl halides is 3. The summed E-state index contributed by atoms with van der Waals surface area (Å²) < 4.78 is 40.7. The van der Waals surface area contributed by atoms with Gasteiger partial charge in [-0.3, -0.25) is 0 Å². The maximum Gasteiger partial charge on any atom is 0.436 e. The molecule has 3 rings (SSSR count). The summed E-state index contributed by atoms with van der Waals surface area (Å²) in [6, 6.07) is 13.7. The van der Waals surface area contributed by atoms with Crippen LogP contribution in [-0.2, 0) is 6.18 Å². The molecule has 1 N–H and O–H groups in total. The zero-order valence-electron chi connectivity index (χ0n) is 12.5. The highest BCUT2D eigenvalue weighted by Crippen LogP contribution is 2.40. The summed E-state index contributed by atoms with van der Waals surface area (Å²) in [5.74, 6) is -1.20. The average Bonchev–Trinajstić information content (AvgIpc) is 2.93. The van der Waals surface area contributed by atoms with Crippen LogP contribution in [0.5, 0.6) is 0 Å². The summed E-state index contributed by atoms with van der Waals surface area (Å²) in [6.45, 7) is 0. The minimum Gasteiger partial charge on any atom is -0.478 e. The van der Waals surface area contributed by atoms with Crippen molar-refractivity contribution in [2.45, 2.75) is 6.18 Å². The van der Waals surface area contributed by atoms with Gasteiger partial charge in [-0.15, -0.1) is 0 Å². The molecule has 0 saturated heterocycles. The van der Waals surface area contributed by atoms with Crippen molar-refractivity contribution in [2.75, 3.05) is 0 Å². The number of hydrogen-bond acceptors (Lipinski definition) is 2. The first kappa shape index (κ1) is 17.0. The molecule has 0 amide bonds. The summed E-state index contributed by atoms with van der Waals surface area (Å²) in [5, 5.41) is 12.1. The molecule has 1 heterocycles. The van der Waals surface area contributed by atoms with Gasteiger partial charge < -0.3 is 5.11 Å². The largest absolute Gasteiger partial charge is 0.478 e. The van der Waals surface area contributed by atoms with Gasteiger partial charge in [-0.2, -0.15) is 18.3 Å². The molecule has 0 aliphatic carbocycles. The van der Waals surface area contributed by atoms with E-state index < -0.39 is 22.9 Å². The maximum atomic E-state index is 13.2. The molecule has 0 aliphatic rings. The van der Waals surface area contributed by atoms with Crippen molar-refractivity contribution in [3.63, 3.8) is 0 Å². The second kappa shape index (κ2) is 6.25. The predicted octanol–water partition coefficient (Wildman–Crippen LogP) is 4.91. The number of rotatable bonds is 3. The van der Waals surface area contributed by atoms with E-state index in [1.807, 2.05) is 0 Å². The SMILES string of the molecule is O=C(O)c1cccc(-n2nc(C(F)(F)F)c(Cl)c2-c2ccccc2)c1. The van der Waals surface area contributed by atoms with Gasteiger partial charge in [0.15, 0.2) is 5.69 Å². The standard InChI is InChI=1S/C17H10ClF3N2O2/c18-13-14(10-5-2-1-3-6-10)23(22-15(13)17(19,20)21)12-8-4-7-11(9-12)16(24)25/h1-9H,(H,24,25). The third kappa shape index (κ3) is 3.23. The highest BCUT2D eigenvalue weighted by atomic mass is 35.5. The van der Waals surface area contributed by atoms with E-state index in [0.29, 0.717) is 5.56 Å². The van der Waals surface area contributed by atoms with Crippen LogP contribution in [0.25, 0.3) is 16.9 Å². The Kier molecular flexibility index (Phi) is 4.26. The van der Waals surface area contributed by atoms with Crippen molar-refractivity contribution < 1.29 is 23.1 Å². The van der Waals surface area contributed by atoms with Crippen LogP contribution in [0.3, 0.4) is 0 Å². The lowest BCUT2D eigenvalue weighted by molar-refractivity contribution is -0.141. The van der Waals surface area contributed by atoms with Crippen LogP contribution < -0.4 is 0 Å². The first-order chi connectivity index (χ1) is 11.8. The van der Waals surface area contributed by atoms with Crippen molar-refractivity contribution in [3.8, 4) is 16.9 Å². The first-order valence-electron chi connectivity index (χ1n) is 7.04. The Morgan fingerprint density at radius 3 is 2.36 bits per heavy atom. The fourth-order valence-corrected chi connectivity index (χ4v) is 2.72. The predicted molar refractivity (Wildman–Crippen MR) is 86.0 cm³/mol. The molecule has 0 unspecified atom stereocenters. The second-order valence-corrected chi connectivity index (χ2v) is 5.52. The Hall–Kier alpha value is -2.80. The van der Waals surface area contributed by atoms with Crippen LogP contribution in [0.2, 0.25) is 5.02 Å². The number of carbonyl (C=O) groups is 1. The number of aromatic carboxylic acids is 1. The Balaban J connectivity index is 2.29. The summed E-state index contributed by atoms with van der Waals surface area (Å²) in [7, 11) is 0. The van der Waals surface area contributed by atoms with Crippen molar-refractivity contribution in [1.29, 1.82) is 0 Å². The smallest absolute Gasteiger partial charge is 0.436 e. The van der Waals surface area contributed by atoms with Crippen molar-refractivity contribution in [2.24, 2.45) is 0 Å². The molecule has 0 saturated carbocycles. The molecule has 0 atom stereocenters. The molecule has 25 heavy (non-hydrogen) atoms. The Labute approximate surface area is 145 Å². The minimum absolute atomic E-state index is 0.0390. The monoisotopic (exact) mass is 366 g/mol. The highest BCUT2D eigenvalue weighted by molar-refractivity contribution is 6.34. The van der Waals surface area contributed by atoms with E-state index in [-0.39, 0.29) is 16.9 Å². The van der Waals surface area contributed by atoms with Gasteiger partial charge in [0, 0.05) is 5.56 Å². The van der Waals surface area contributed by atoms with Gasteiger partial charge in [-0.05, 0) is 18.2 Å². The number of halogens is 4. The number of nitrogens with zero attached hydrogens (tertiary/aromatic N) is 2. The van der Waals surface area contributed by atoms with E-state index in [9.17, 15) is 18.0 Å². The normalized spacial score (nSPS) is 11.5. The van der Waals surface area contributed by atoms with Crippen LogP contribution in [-0.4, -0.2) is 20.9 Å². The number of carboxylic acid groups (broad SMARTS) is 1. The fraction of sp³-hybridized carbons (Fsp3) is 0.0588. The molecular weight excluding hydrogens is 357 g/mol. The molecule has 4 nitrogen and oxygen atoms in total. The number of carboxylic acids is 1. The molecular formula is C17H10ClF3N2O2. The average molecular weight is 367 g/mol. The summed E-state index contributed by atoms with van der Waals surface area (Å²) in [4.78, 5) is 11.1. The van der Waals surface area contributed by atoms with Crippen molar-refractivity contribution in [1.82, 2.24) is 9.78 Å². The van der Waals surface area contributed by atoms with Gasteiger partial charge in [0.2, 0.25) is 0 Å². The molecule has 2 aromatic carbocycles. The minimum atomic E-state index is -4.74. The zero-order chi connectivity index (χ0) is 18.2. The van der Waals surface area contributed by atoms with E-state index in [2.05, 4.69) is 5.10 Å². The lowest BCUT2D eigenvalue weighted by atomic mass is 10.1. The number of benzene rings is 2. The van der Waals surface area contributed by atoms with Crippen LogP contribution in [0.1, 0.15) is 16.1 Å². The van der Waals surface area contributed by atoms with Gasteiger partial charge in [-0.1, -0.05) is 48.0 Å². The zero-order valence-corrected chi connectivity index (χ0v) is 13.2. The molecule has 0 fully saturated rings. The van der Waals surface area contributed by atoms with E-state index in [1.165, 1.54) is 24.3 Å². The van der Waals surface area contributed by atoms with Crippen molar-refractivity contribution >= 4 is 17.6 Å². The van der Waals surface area contributed by atoms with Gasteiger partial charge in [0.05, 0.1) is 22.0 Å². The van der Waals surface area contributed by atoms with E-state index in [0.717, 1.165) is 4.68 Å². The van der Waals surface area contributed by atoms with Crippen LogP contribution in [0.15, 0.2) is 54.6 Å². The lowest BCUT2D eigenvalue weighted by Gasteiger charge is -2.09. The molecule has 1 aromatic heterocycles. The Bertz CT molecular complexity index is 937. The number of aromatic nitrogens is 2. The summed E-state index contributed by atoms with van der Waals surface area (Å²) in [6.07, 6.45) is -4.74. The maximum absolute atomic E-state index is 13.2. The number of hydrogen-bond donors (Lipinski definition) is 1. The molecule has 3 aromatic rings. The molecule has 0 aliphatic heterocycles. The third-order valence-electron chi connectivity index (χ3n) is 3.48. The van der Waals surface area contributed by atoms with Crippen LogP contribution >= 0.6 is 11.6 Å². The Morgan fingerprint density at radius 2 is 1.76 bits per heavy atom. The fourth-order valence-electron chi connectivity index (χ4n) is 2.38. The lowest BCUT2D eigenvalue weighted by Crippen LogP contribution is -2.08. The van der Waals surface area contributed by atoms with Gasteiger partial charge in [0.1, 0.15) is 0 Å². The van der Waals surface area contributed by atoms with Gasteiger partial charge >= 0.3 is 12.1 Å². The quantitative estimate of drug-likeness (QED) is 0.716. The first-order valence-corrected chi connectivity index (χ1v) is 7.41. The van der Waals surface area contributed by atoms with E-state index in [4.69, 9.17) is 16.7 Å². The van der Waals surface area contributed by atoms with Crippen molar-refractivity contribution in [3.05, 3.63) is 70.9 Å². The molecule has 0 spiro atoms. The van der Waals surface area contributed by atoms with Gasteiger partial charge in [-0.25, -0.2) is 9.48 Å². The highest BCUT2D eigenvalue weighted by Gasteiger charge is 2.39. The summed E-state index contributed by atoms with van der Waals surface area (Å²) >= 11 is 5.98. The summed E-state index contributed by atoms with van der Waals surface area (Å²) in [5.41, 5.74) is -0.671. The van der Waals surface area contributed by atoms with Gasteiger partial charge in [0.25, 0.3) is 0 Å². The van der Waals surface area contributed by atoms with E-state index in [1.54, 1.807) is 30.3 Å². The molecule has 0 radical (unpaired) electrons. The van der Waals surface area contributed by atoms with Crippen LogP contribution in [0.4, 0.5) is 13.2 Å². The Morgan fingerprint density at radius 1 is 1.08 bits per heavy atom. The molecule has 0 bridgehead atoms. The van der Waals surface area contributed by atoms with Crippen LogP contribution in [0, 0.1) is 0 Å². The third-order valence-corrected chi connectivity index (χ3v) is 3.84. The topological polar surface area (TPSA) is 55.1 Å². The van der Waals surface area contributed by atoms with E-state index >= 15 is 0 Å². The molecule has 8 heteroatoms.